The Morgan fingerprint density at radius 1 is 1.09 bits per heavy atom. The summed E-state index contributed by atoms with van der Waals surface area (Å²) in [6, 6.07) is 25.2. The minimum Gasteiger partial charge on any atom is -0.488 e. The molecular formula is C26H22ClIN2O2. The number of hydrogen-bond acceptors (Lipinski definition) is 3. The van der Waals surface area contributed by atoms with Crippen LogP contribution in [0, 0.1) is 14.9 Å². The zero-order valence-corrected chi connectivity index (χ0v) is 20.3. The fourth-order valence-electron chi connectivity index (χ4n) is 3.04. The van der Waals surface area contributed by atoms with E-state index in [1.54, 1.807) is 6.08 Å². The van der Waals surface area contributed by atoms with Crippen molar-refractivity contribution >= 4 is 46.2 Å². The number of nitrogens with zero attached hydrogens (tertiary/aromatic N) is 1. The Morgan fingerprint density at radius 2 is 1.84 bits per heavy atom. The van der Waals surface area contributed by atoms with E-state index in [-0.39, 0.29) is 11.5 Å². The number of benzene rings is 3. The lowest BCUT2D eigenvalue weighted by atomic mass is 10.1. The summed E-state index contributed by atoms with van der Waals surface area (Å²) in [5.74, 6) is 0.348. The van der Waals surface area contributed by atoms with Crippen LogP contribution in [0.15, 0.2) is 78.4 Å². The zero-order valence-electron chi connectivity index (χ0n) is 17.4. The highest BCUT2D eigenvalue weighted by molar-refractivity contribution is 14.1. The van der Waals surface area contributed by atoms with Crippen LogP contribution in [0.25, 0.3) is 6.08 Å². The molecule has 6 heteroatoms. The number of nitrogens with one attached hydrogen (secondary N) is 1. The second-order valence-corrected chi connectivity index (χ2v) is 8.65. The van der Waals surface area contributed by atoms with E-state index in [4.69, 9.17) is 16.3 Å². The van der Waals surface area contributed by atoms with E-state index < -0.39 is 0 Å². The molecule has 0 aliphatic heterocycles. The number of amides is 1. The van der Waals surface area contributed by atoms with Crippen molar-refractivity contribution < 1.29 is 9.53 Å². The largest absolute Gasteiger partial charge is 0.488 e. The van der Waals surface area contributed by atoms with E-state index in [2.05, 4.69) is 40.0 Å². The highest BCUT2D eigenvalue weighted by Gasteiger charge is 2.10. The van der Waals surface area contributed by atoms with Gasteiger partial charge >= 0.3 is 0 Å². The summed E-state index contributed by atoms with van der Waals surface area (Å²) in [6.07, 6.45) is 3.27. The monoisotopic (exact) mass is 556 g/mol. The quantitative estimate of drug-likeness (QED) is 0.148. The number of carbonyl (C=O) groups excluding carboxylic acids is 1. The van der Waals surface area contributed by atoms with E-state index >= 15 is 0 Å². The van der Waals surface area contributed by atoms with Crippen LogP contribution in [0.5, 0.6) is 5.75 Å². The van der Waals surface area contributed by atoms with Crippen LogP contribution in [0.2, 0.25) is 5.02 Å². The lowest BCUT2D eigenvalue weighted by Gasteiger charge is -2.10. The summed E-state index contributed by atoms with van der Waals surface area (Å²) in [6.45, 7) is 0.874. The molecule has 1 amide bonds. The zero-order chi connectivity index (χ0) is 22.8. The Labute approximate surface area is 207 Å². The molecule has 3 aromatic rings. The predicted octanol–water partition coefficient (Wildman–Crippen LogP) is 6.18. The van der Waals surface area contributed by atoms with Gasteiger partial charge in [0.2, 0.25) is 0 Å². The first-order valence-electron chi connectivity index (χ1n) is 10.2. The predicted molar refractivity (Wildman–Crippen MR) is 136 cm³/mol. The summed E-state index contributed by atoms with van der Waals surface area (Å²) in [7, 11) is 0. The molecule has 4 nitrogen and oxygen atoms in total. The second kappa shape index (κ2) is 12.3. The fourth-order valence-corrected chi connectivity index (χ4v) is 3.93. The maximum absolute atomic E-state index is 12.4. The lowest BCUT2D eigenvalue weighted by Crippen LogP contribution is -2.25. The first-order valence-corrected chi connectivity index (χ1v) is 11.6. The fraction of sp³-hybridized carbons (Fsp3) is 0.154. The normalized spacial score (nSPS) is 11.0. The third-order valence-corrected chi connectivity index (χ3v) is 5.96. The van der Waals surface area contributed by atoms with E-state index in [9.17, 15) is 10.1 Å². The average Bonchev–Trinajstić information content (AvgIpc) is 2.81. The van der Waals surface area contributed by atoms with Crippen LogP contribution >= 0.6 is 34.2 Å². The Bertz CT molecular complexity index is 1140. The standard InChI is InChI=1S/C26H22ClIN2O2/c27-23-11-5-4-10-21(23)18-32-25-13-12-20(16-24(25)28)15-22(17-29)26(31)30-14-6-9-19-7-2-1-3-8-19/h1-5,7-8,10-13,15-16H,6,9,14,18H2,(H,30,31)/b22-15-. The van der Waals surface area contributed by atoms with E-state index in [0.29, 0.717) is 23.9 Å². The highest BCUT2D eigenvalue weighted by atomic mass is 127. The van der Waals surface area contributed by atoms with Crippen LogP contribution in [0.3, 0.4) is 0 Å². The summed E-state index contributed by atoms with van der Waals surface area (Å²) in [4.78, 5) is 12.4. The molecule has 0 bridgehead atoms. The molecule has 0 aromatic heterocycles. The maximum atomic E-state index is 12.4. The van der Waals surface area contributed by atoms with Gasteiger partial charge in [-0.25, -0.2) is 0 Å². The van der Waals surface area contributed by atoms with Gasteiger partial charge in [0.1, 0.15) is 24.0 Å². The minimum atomic E-state index is -0.366. The van der Waals surface area contributed by atoms with Crippen molar-refractivity contribution in [3.05, 3.63) is 104 Å². The van der Waals surface area contributed by atoms with Crippen molar-refractivity contribution in [3.63, 3.8) is 0 Å². The molecule has 3 rings (SSSR count). The molecule has 0 spiro atoms. The number of carbonyl (C=O) groups is 1. The molecule has 0 radical (unpaired) electrons. The van der Waals surface area contributed by atoms with E-state index in [1.165, 1.54) is 5.56 Å². The molecule has 1 N–H and O–H groups in total. The van der Waals surface area contributed by atoms with E-state index in [1.807, 2.05) is 66.7 Å². The Hall–Kier alpha value is -2.82. The molecule has 0 saturated carbocycles. The van der Waals surface area contributed by atoms with Crippen LogP contribution < -0.4 is 10.1 Å². The summed E-state index contributed by atoms with van der Waals surface area (Å²) < 4.78 is 6.76. The molecule has 0 heterocycles. The van der Waals surface area contributed by atoms with Gasteiger partial charge in [0.15, 0.2) is 0 Å². The van der Waals surface area contributed by atoms with Crippen LogP contribution in [-0.4, -0.2) is 12.5 Å². The Balaban J connectivity index is 1.56. The third-order valence-electron chi connectivity index (χ3n) is 4.74. The van der Waals surface area contributed by atoms with Gasteiger partial charge in [-0.3, -0.25) is 4.79 Å². The number of ether oxygens (including phenoxy) is 1. The molecule has 32 heavy (non-hydrogen) atoms. The first-order chi connectivity index (χ1) is 15.6. The van der Waals surface area contributed by atoms with Crippen molar-refractivity contribution in [3.8, 4) is 11.8 Å². The smallest absolute Gasteiger partial charge is 0.261 e. The topological polar surface area (TPSA) is 62.1 Å². The molecule has 0 saturated heterocycles. The molecule has 0 unspecified atom stereocenters. The SMILES string of the molecule is N#C/C(=C/c1ccc(OCc2ccccc2Cl)c(I)c1)C(=O)NCCCc1ccccc1. The lowest BCUT2D eigenvalue weighted by molar-refractivity contribution is -0.117. The number of halogens is 2. The van der Waals surface area contributed by atoms with Crippen molar-refractivity contribution in [1.29, 1.82) is 5.26 Å². The summed E-state index contributed by atoms with van der Waals surface area (Å²) >= 11 is 8.35. The van der Waals surface area contributed by atoms with Crippen molar-refractivity contribution in [1.82, 2.24) is 5.32 Å². The Morgan fingerprint density at radius 3 is 2.56 bits per heavy atom. The van der Waals surface area contributed by atoms with Gasteiger partial charge in [-0.15, -0.1) is 0 Å². The van der Waals surface area contributed by atoms with Gasteiger partial charge in [0, 0.05) is 17.1 Å². The van der Waals surface area contributed by atoms with Crippen LogP contribution in [0.4, 0.5) is 0 Å². The molecule has 0 fully saturated rings. The molecule has 0 atom stereocenters. The van der Waals surface area contributed by atoms with Crippen LogP contribution in [-0.2, 0) is 17.8 Å². The van der Waals surface area contributed by atoms with Gasteiger partial charge in [-0.2, -0.15) is 5.26 Å². The van der Waals surface area contributed by atoms with Gasteiger partial charge in [0.05, 0.1) is 3.57 Å². The second-order valence-electron chi connectivity index (χ2n) is 7.08. The third kappa shape index (κ3) is 7.11. The number of hydrogen-bond donors (Lipinski definition) is 1. The number of rotatable bonds is 9. The van der Waals surface area contributed by atoms with Gasteiger partial charge in [-0.1, -0.05) is 66.2 Å². The molecule has 0 aliphatic rings. The minimum absolute atomic E-state index is 0.0743. The van der Waals surface area contributed by atoms with Gasteiger partial charge < -0.3 is 10.1 Å². The van der Waals surface area contributed by atoms with Crippen molar-refractivity contribution in [2.24, 2.45) is 0 Å². The molecule has 3 aromatic carbocycles. The van der Waals surface area contributed by atoms with Gasteiger partial charge in [-0.05, 0) is 70.8 Å². The average molecular weight is 557 g/mol. The first kappa shape index (κ1) is 23.8. The van der Waals surface area contributed by atoms with E-state index in [0.717, 1.165) is 27.5 Å². The summed E-state index contributed by atoms with van der Waals surface area (Å²) in [5, 5.41) is 12.9. The molecule has 0 aliphatic carbocycles. The van der Waals surface area contributed by atoms with Gasteiger partial charge in [0.25, 0.3) is 5.91 Å². The number of aryl methyl sites for hydroxylation is 1. The molecule has 162 valence electrons. The Kier molecular flexibility index (Phi) is 9.14. The maximum Gasteiger partial charge on any atom is 0.261 e. The summed E-state index contributed by atoms with van der Waals surface area (Å²) in [5.41, 5.74) is 2.97. The molecular weight excluding hydrogens is 535 g/mol. The van der Waals surface area contributed by atoms with Crippen molar-refractivity contribution in [2.45, 2.75) is 19.4 Å². The van der Waals surface area contributed by atoms with Crippen LogP contribution in [0.1, 0.15) is 23.1 Å². The number of nitriles is 1. The van der Waals surface area contributed by atoms with Crippen molar-refractivity contribution in [2.75, 3.05) is 6.54 Å². The highest BCUT2D eigenvalue weighted by Crippen LogP contribution is 2.25.